The molecular formula is C9H19NO. The Balaban J connectivity index is 3.40. The van der Waals surface area contributed by atoms with Crippen LogP contribution in [0.25, 0.3) is 0 Å². The topological polar surface area (TPSA) is 29.1 Å². The Labute approximate surface area is 69.4 Å². The zero-order valence-electron chi connectivity index (χ0n) is 7.81. The lowest BCUT2D eigenvalue weighted by Gasteiger charge is -2.11. The van der Waals surface area contributed by atoms with Gasteiger partial charge in [-0.1, -0.05) is 20.3 Å². The van der Waals surface area contributed by atoms with Gasteiger partial charge in [0.2, 0.25) is 5.91 Å². The summed E-state index contributed by atoms with van der Waals surface area (Å²) >= 11 is 0. The van der Waals surface area contributed by atoms with Gasteiger partial charge in [0.1, 0.15) is 0 Å². The van der Waals surface area contributed by atoms with Crippen molar-refractivity contribution in [3.05, 3.63) is 0 Å². The van der Waals surface area contributed by atoms with Crippen LogP contribution in [0.5, 0.6) is 0 Å². The lowest BCUT2D eigenvalue weighted by Crippen LogP contribution is -2.31. The molecule has 0 fully saturated rings. The Morgan fingerprint density at radius 1 is 1.36 bits per heavy atom. The standard InChI is InChI=1S/C9H19NO/c1-4-6-8(3)10-9(11)7-5-2/h8H,4-7H2,1-3H3,(H,10,11)/t8-/m1/s1. The molecule has 1 amide bonds. The Kier molecular flexibility index (Phi) is 5.90. The first-order valence-electron chi connectivity index (χ1n) is 4.50. The predicted octanol–water partition coefficient (Wildman–Crippen LogP) is 2.09. The number of hydrogen-bond acceptors (Lipinski definition) is 1. The van der Waals surface area contributed by atoms with Gasteiger partial charge in [0.15, 0.2) is 0 Å². The molecule has 11 heavy (non-hydrogen) atoms. The molecule has 0 rings (SSSR count). The fraction of sp³-hybridized carbons (Fsp3) is 0.889. The van der Waals surface area contributed by atoms with E-state index in [2.05, 4.69) is 19.2 Å². The highest BCUT2D eigenvalue weighted by Crippen LogP contribution is 1.96. The second-order valence-electron chi connectivity index (χ2n) is 3.01. The van der Waals surface area contributed by atoms with Crippen LogP contribution in [0, 0.1) is 0 Å². The van der Waals surface area contributed by atoms with Crippen molar-refractivity contribution in [3.63, 3.8) is 0 Å². The summed E-state index contributed by atoms with van der Waals surface area (Å²) in [6, 6.07) is 0.346. The lowest BCUT2D eigenvalue weighted by molar-refractivity contribution is -0.121. The zero-order valence-corrected chi connectivity index (χ0v) is 7.81. The number of nitrogens with one attached hydrogen (secondary N) is 1. The van der Waals surface area contributed by atoms with E-state index in [-0.39, 0.29) is 5.91 Å². The molecule has 0 unspecified atom stereocenters. The smallest absolute Gasteiger partial charge is 0.220 e. The maximum absolute atomic E-state index is 11.0. The Morgan fingerprint density at radius 3 is 2.45 bits per heavy atom. The van der Waals surface area contributed by atoms with Crippen LogP contribution >= 0.6 is 0 Å². The summed E-state index contributed by atoms with van der Waals surface area (Å²) in [6.45, 7) is 6.20. The molecule has 0 bridgehead atoms. The fourth-order valence-corrected chi connectivity index (χ4v) is 1.08. The van der Waals surface area contributed by atoms with Crippen molar-refractivity contribution < 1.29 is 4.79 Å². The highest BCUT2D eigenvalue weighted by atomic mass is 16.1. The molecule has 0 saturated carbocycles. The summed E-state index contributed by atoms with van der Waals surface area (Å²) in [7, 11) is 0. The molecule has 1 atom stereocenters. The minimum absolute atomic E-state index is 0.188. The van der Waals surface area contributed by atoms with E-state index in [4.69, 9.17) is 0 Å². The van der Waals surface area contributed by atoms with Gasteiger partial charge in [0, 0.05) is 12.5 Å². The van der Waals surface area contributed by atoms with Gasteiger partial charge in [-0.3, -0.25) is 4.79 Å². The largest absolute Gasteiger partial charge is 0.354 e. The SMILES string of the molecule is CCCC(=O)N[C@H](C)CCC. The van der Waals surface area contributed by atoms with Crippen LogP contribution in [0.4, 0.5) is 0 Å². The molecule has 0 heterocycles. The van der Waals surface area contributed by atoms with E-state index in [1.54, 1.807) is 0 Å². The maximum atomic E-state index is 11.0. The van der Waals surface area contributed by atoms with Crippen LogP contribution in [-0.2, 0) is 4.79 Å². The molecule has 0 saturated heterocycles. The second kappa shape index (κ2) is 6.20. The third-order valence-corrected chi connectivity index (χ3v) is 1.61. The van der Waals surface area contributed by atoms with Crippen molar-refractivity contribution in [2.45, 2.75) is 52.5 Å². The van der Waals surface area contributed by atoms with Gasteiger partial charge in [-0.05, 0) is 19.8 Å². The molecule has 0 aromatic carbocycles. The number of amides is 1. The van der Waals surface area contributed by atoms with E-state index in [0.717, 1.165) is 19.3 Å². The Hall–Kier alpha value is -0.530. The molecular weight excluding hydrogens is 138 g/mol. The molecule has 2 nitrogen and oxygen atoms in total. The van der Waals surface area contributed by atoms with Crippen LogP contribution in [0.15, 0.2) is 0 Å². The zero-order chi connectivity index (χ0) is 8.69. The highest BCUT2D eigenvalue weighted by molar-refractivity contribution is 5.76. The minimum Gasteiger partial charge on any atom is -0.354 e. The number of carbonyl (C=O) groups excluding carboxylic acids is 1. The minimum atomic E-state index is 0.188. The first kappa shape index (κ1) is 10.5. The summed E-state index contributed by atoms with van der Waals surface area (Å²) in [5.41, 5.74) is 0. The summed E-state index contributed by atoms with van der Waals surface area (Å²) in [6.07, 6.45) is 3.81. The molecule has 2 heteroatoms. The maximum Gasteiger partial charge on any atom is 0.220 e. The first-order chi connectivity index (χ1) is 5.20. The molecule has 0 radical (unpaired) electrons. The second-order valence-corrected chi connectivity index (χ2v) is 3.01. The van der Waals surface area contributed by atoms with Gasteiger partial charge >= 0.3 is 0 Å². The normalized spacial score (nSPS) is 12.6. The Morgan fingerprint density at radius 2 is 2.00 bits per heavy atom. The molecule has 1 N–H and O–H groups in total. The quantitative estimate of drug-likeness (QED) is 0.650. The number of carbonyl (C=O) groups is 1. The predicted molar refractivity (Wildman–Crippen MR) is 47.4 cm³/mol. The van der Waals surface area contributed by atoms with Gasteiger partial charge < -0.3 is 5.32 Å². The van der Waals surface area contributed by atoms with Crippen molar-refractivity contribution in [2.75, 3.05) is 0 Å². The summed E-state index contributed by atoms with van der Waals surface area (Å²) < 4.78 is 0. The van der Waals surface area contributed by atoms with Crippen LogP contribution in [0.3, 0.4) is 0 Å². The van der Waals surface area contributed by atoms with Gasteiger partial charge in [0.25, 0.3) is 0 Å². The van der Waals surface area contributed by atoms with Crippen LogP contribution in [-0.4, -0.2) is 11.9 Å². The average molecular weight is 157 g/mol. The third kappa shape index (κ3) is 5.89. The Bertz CT molecular complexity index is 112. The highest BCUT2D eigenvalue weighted by Gasteiger charge is 2.03. The third-order valence-electron chi connectivity index (χ3n) is 1.61. The van der Waals surface area contributed by atoms with Crippen LogP contribution < -0.4 is 5.32 Å². The van der Waals surface area contributed by atoms with E-state index >= 15 is 0 Å². The molecule has 0 aromatic rings. The average Bonchev–Trinajstić information content (AvgIpc) is 1.87. The van der Waals surface area contributed by atoms with Crippen LogP contribution in [0.1, 0.15) is 46.5 Å². The monoisotopic (exact) mass is 157 g/mol. The lowest BCUT2D eigenvalue weighted by atomic mass is 10.2. The molecule has 0 aromatic heterocycles. The van der Waals surface area contributed by atoms with E-state index in [9.17, 15) is 4.79 Å². The van der Waals surface area contributed by atoms with Crippen molar-refractivity contribution in [3.8, 4) is 0 Å². The van der Waals surface area contributed by atoms with E-state index in [1.807, 2.05) is 6.92 Å². The van der Waals surface area contributed by atoms with Gasteiger partial charge in [-0.2, -0.15) is 0 Å². The van der Waals surface area contributed by atoms with Gasteiger partial charge in [-0.15, -0.1) is 0 Å². The van der Waals surface area contributed by atoms with Crippen molar-refractivity contribution >= 4 is 5.91 Å². The first-order valence-corrected chi connectivity index (χ1v) is 4.50. The molecule has 0 spiro atoms. The summed E-state index contributed by atoms with van der Waals surface area (Å²) in [5, 5.41) is 2.94. The molecule has 66 valence electrons. The van der Waals surface area contributed by atoms with E-state index < -0.39 is 0 Å². The fourth-order valence-electron chi connectivity index (χ4n) is 1.08. The van der Waals surface area contributed by atoms with Gasteiger partial charge in [0.05, 0.1) is 0 Å². The van der Waals surface area contributed by atoms with Crippen molar-refractivity contribution in [1.29, 1.82) is 0 Å². The van der Waals surface area contributed by atoms with Crippen molar-refractivity contribution in [1.82, 2.24) is 5.32 Å². The van der Waals surface area contributed by atoms with Crippen molar-refractivity contribution in [2.24, 2.45) is 0 Å². The van der Waals surface area contributed by atoms with Crippen LogP contribution in [0.2, 0.25) is 0 Å². The van der Waals surface area contributed by atoms with E-state index in [1.165, 1.54) is 0 Å². The summed E-state index contributed by atoms with van der Waals surface area (Å²) in [5.74, 6) is 0.188. The van der Waals surface area contributed by atoms with E-state index in [0.29, 0.717) is 12.5 Å². The summed E-state index contributed by atoms with van der Waals surface area (Å²) in [4.78, 5) is 11.0. The van der Waals surface area contributed by atoms with Gasteiger partial charge in [-0.25, -0.2) is 0 Å². The number of rotatable bonds is 5. The molecule has 0 aliphatic carbocycles. The number of hydrogen-bond donors (Lipinski definition) is 1. The molecule has 0 aliphatic rings. The molecule has 0 aliphatic heterocycles.